The Morgan fingerprint density at radius 3 is 2.67 bits per heavy atom. The van der Waals surface area contributed by atoms with Gasteiger partial charge in [0.15, 0.2) is 5.13 Å². The summed E-state index contributed by atoms with van der Waals surface area (Å²) in [5.41, 5.74) is 8.84. The van der Waals surface area contributed by atoms with Crippen molar-refractivity contribution in [3.63, 3.8) is 0 Å². The van der Waals surface area contributed by atoms with Crippen LogP contribution in [0.15, 0.2) is 18.3 Å². The minimum Gasteiger partial charge on any atom is -0.375 e. The first-order valence-electron chi connectivity index (χ1n) is 4.89. The van der Waals surface area contributed by atoms with Gasteiger partial charge in [0.1, 0.15) is 0 Å². The summed E-state index contributed by atoms with van der Waals surface area (Å²) in [5, 5.41) is 0.613. The lowest BCUT2D eigenvalue weighted by Crippen LogP contribution is -1.86. The van der Waals surface area contributed by atoms with Gasteiger partial charge < -0.3 is 5.73 Å². The van der Waals surface area contributed by atoms with Crippen LogP contribution in [-0.2, 0) is 6.42 Å². The average Bonchev–Trinajstić information content (AvgIpc) is 2.58. The fraction of sp³-hybridized carbons (Fsp3) is 0.273. The highest BCUT2D eigenvalue weighted by molar-refractivity contribution is 7.18. The Hall–Kier alpha value is -1.42. The van der Waals surface area contributed by atoms with Crippen molar-refractivity contribution in [2.24, 2.45) is 0 Å². The molecule has 78 valence electrons. The Bertz CT molecular complexity index is 459. The van der Waals surface area contributed by atoms with Crippen LogP contribution in [0, 0.1) is 6.92 Å². The molecule has 0 amide bonds. The predicted octanol–water partition coefficient (Wildman–Crippen LogP) is 2.66. The van der Waals surface area contributed by atoms with E-state index < -0.39 is 0 Å². The molecule has 4 heteroatoms. The van der Waals surface area contributed by atoms with Crippen molar-refractivity contribution in [3.05, 3.63) is 29.7 Å². The highest BCUT2D eigenvalue weighted by atomic mass is 32.1. The van der Waals surface area contributed by atoms with Crippen LogP contribution < -0.4 is 5.73 Å². The Labute approximate surface area is 93.0 Å². The van der Waals surface area contributed by atoms with Crippen LogP contribution in [0.2, 0.25) is 0 Å². The minimum absolute atomic E-state index is 0.613. The summed E-state index contributed by atoms with van der Waals surface area (Å²) in [6, 6.07) is 4.12. The van der Waals surface area contributed by atoms with Crippen LogP contribution >= 0.6 is 11.3 Å². The van der Waals surface area contributed by atoms with E-state index in [1.54, 1.807) is 0 Å². The van der Waals surface area contributed by atoms with Gasteiger partial charge in [0.25, 0.3) is 0 Å². The molecule has 2 aromatic heterocycles. The number of anilines is 1. The van der Waals surface area contributed by atoms with Gasteiger partial charge in [-0.15, -0.1) is 0 Å². The summed E-state index contributed by atoms with van der Waals surface area (Å²) in [6.07, 6.45) is 2.85. The Morgan fingerprint density at radius 1 is 1.40 bits per heavy atom. The number of hydrogen-bond acceptors (Lipinski definition) is 4. The van der Waals surface area contributed by atoms with Gasteiger partial charge in [-0.25, -0.2) is 4.98 Å². The molecule has 15 heavy (non-hydrogen) atoms. The maximum atomic E-state index is 5.66. The molecule has 2 N–H and O–H groups in total. The van der Waals surface area contributed by atoms with Crippen molar-refractivity contribution in [3.8, 4) is 10.4 Å². The zero-order chi connectivity index (χ0) is 10.8. The number of pyridine rings is 1. The highest BCUT2D eigenvalue weighted by Crippen LogP contribution is 2.30. The first kappa shape index (κ1) is 10.1. The van der Waals surface area contributed by atoms with Crippen LogP contribution in [0.4, 0.5) is 5.13 Å². The molecule has 0 aromatic carbocycles. The van der Waals surface area contributed by atoms with Crippen molar-refractivity contribution in [2.75, 3.05) is 5.73 Å². The molecule has 0 saturated carbocycles. The second-order valence-corrected chi connectivity index (χ2v) is 4.39. The monoisotopic (exact) mass is 219 g/mol. The maximum absolute atomic E-state index is 5.66. The number of hydrogen-bond donors (Lipinski definition) is 1. The molecule has 0 aliphatic heterocycles. The Morgan fingerprint density at radius 2 is 2.20 bits per heavy atom. The van der Waals surface area contributed by atoms with Gasteiger partial charge in [0.05, 0.1) is 10.6 Å². The van der Waals surface area contributed by atoms with Gasteiger partial charge in [0.2, 0.25) is 0 Å². The molecule has 0 bridgehead atoms. The van der Waals surface area contributed by atoms with E-state index in [-0.39, 0.29) is 0 Å². The summed E-state index contributed by atoms with van der Waals surface area (Å²) in [6.45, 7) is 4.06. The van der Waals surface area contributed by atoms with E-state index in [0.29, 0.717) is 5.13 Å². The van der Waals surface area contributed by atoms with E-state index in [1.165, 1.54) is 11.3 Å². The van der Waals surface area contributed by atoms with E-state index in [2.05, 4.69) is 23.0 Å². The molecular formula is C11H13N3S. The summed E-state index contributed by atoms with van der Waals surface area (Å²) in [4.78, 5) is 9.67. The number of nitrogens with zero attached hydrogens (tertiary/aromatic N) is 2. The fourth-order valence-electron chi connectivity index (χ4n) is 1.45. The first-order valence-corrected chi connectivity index (χ1v) is 5.70. The molecule has 0 aliphatic rings. The largest absolute Gasteiger partial charge is 0.375 e. The van der Waals surface area contributed by atoms with Crippen molar-refractivity contribution in [2.45, 2.75) is 20.3 Å². The number of aromatic nitrogens is 2. The molecule has 0 aliphatic carbocycles. The number of thiazole rings is 1. The van der Waals surface area contributed by atoms with Crippen LogP contribution in [0.1, 0.15) is 18.3 Å². The van der Waals surface area contributed by atoms with Crippen molar-refractivity contribution in [1.29, 1.82) is 0 Å². The van der Waals surface area contributed by atoms with E-state index in [0.717, 1.165) is 28.2 Å². The summed E-state index contributed by atoms with van der Waals surface area (Å²) < 4.78 is 0. The van der Waals surface area contributed by atoms with Gasteiger partial charge in [-0.1, -0.05) is 24.3 Å². The van der Waals surface area contributed by atoms with Crippen molar-refractivity contribution < 1.29 is 0 Å². The van der Waals surface area contributed by atoms with E-state index >= 15 is 0 Å². The molecule has 2 heterocycles. The third kappa shape index (κ3) is 1.99. The molecule has 0 fully saturated rings. The smallest absolute Gasteiger partial charge is 0.180 e. The third-order valence-corrected chi connectivity index (χ3v) is 3.30. The molecular weight excluding hydrogens is 206 g/mol. The Kier molecular flexibility index (Phi) is 2.68. The van der Waals surface area contributed by atoms with E-state index in [1.807, 2.05) is 19.2 Å². The topological polar surface area (TPSA) is 51.8 Å². The van der Waals surface area contributed by atoms with Crippen LogP contribution in [0.5, 0.6) is 0 Å². The van der Waals surface area contributed by atoms with E-state index in [4.69, 9.17) is 5.73 Å². The molecule has 0 unspecified atom stereocenters. The lowest BCUT2D eigenvalue weighted by Gasteiger charge is -1.99. The highest BCUT2D eigenvalue weighted by Gasteiger charge is 2.07. The first-order chi connectivity index (χ1) is 7.20. The summed E-state index contributed by atoms with van der Waals surface area (Å²) >= 11 is 1.51. The predicted molar refractivity (Wildman–Crippen MR) is 63.9 cm³/mol. The second kappa shape index (κ2) is 3.98. The second-order valence-electron chi connectivity index (χ2n) is 3.36. The molecule has 3 nitrogen and oxygen atoms in total. The van der Waals surface area contributed by atoms with E-state index in [9.17, 15) is 0 Å². The molecule has 2 rings (SSSR count). The SMILES string of the molecule is CCc1ccc(-c2sc(N)nc2C)cn1. The van der Waals surface area contributed by atoms with Crippen LogP contribution in [0.3, 0.4) is 0 Å². The molecule has 0 saturated heterocycles. The van der Waals surface area contributed by atoms with Crippen LogP contribution in [-0.4, -0.2) is 9.97 Å². The summed E-state index contributed by atoms with van der Waals surface area (Å²) in [7, 11) is 0. The van der Waals surface area contributed by atoms with Gasteiger partial charge in [-0.2, -0.15) is 0 Å². The number of nitrogen functional groups attached to an aromatic ring is 1. The molecule has 0 spiro atoms. The van der Waals surface area contributed by atoms with Gasteiger partial charge in [0, 0.05) is 17.5 Å². The fourth-order valence-corrected chi connectivity index (χ4v) is 2.28. The number of rotatable bonds is 2. The molecule has 0 radical (unpaired) electrons. The summed E-state index contributed by atoms with van der Waals surface area (Å²) in [5.74, 6) is 0. The average molecular weight is 219 g/mol. The van der Waals surface area contributed by atoms with Gasteiger partial charge >= 0.3 is 0 Å². The number of nitrogens with two attached hydrogens (primary N) is 1. The zero-order valence-corrected chi connectivity index (χ0v) is 9.64. The van der Waals surface area contributed by atoms with Crippen molar-refractivity contribution >= 4 is 16.5 Å². The lowest BCUT2D eigenvalue weighted by molar-refractivity contribution is 1.04. The standard InChI is InChI=1S/C11H13N3S/c1-3-9-5-4-8(6-13-9)10-7(2)14-11(12)15-10/h4-6H,3H2,1-2H3,(H2,12,14). The van der Waals surface area contributed by atoms with Gasteiger partial charge in [-0.3, -0.25) is 4.98 Å². The Balaban J connectivity index is 2.41. The van der Waals surface area contributed by atoms with Gasteiger partial charge in [-0.05, 0) is 19.4 Å². The molecule has 2 aromatic rings. The minimum atomic E-state index is 0.613. The van der Waals surface area contributed by atoms with Crippen LogP contribution in [0.25, 0.3) is 10.4 Å². The van der Waals surface area contributed by atoms with Crippen molar-refractivity contribution in [1.82, 2.24) is 9.97 Å². The third-order valence-electron chi connectivity index (χ3n) is 2.26. The normalized spacial score (nSPS) is 10.5. The lowest BCUT2D eigenvalue weighted by atomic mass is 10.2. The number of aryl methyl sites for hydroxylation is 2. The maximum Gasteiger partial charge on any atom is 0.180 e. The molecule has 0 atom stereocenters. The quantitative estimate of drug-likeness (QED) is 0.844. The zero-order valence-electron chi connectivity index (χ0n) is 8.82.